The van der Waals surface area contributed by atoms with E-state index < -0.39 is 30.3 Å². The maximum absolute atomic E-state index is 12.8. The van der Waals surface area contributed by atoms with E-state index in [1.54, 1.807) is 0 Å². The van der Waals surface area contributed by atoms with E-state index in [-0.39, 0.29) is 12.0 Å². The van der Waals surface area contributed by atoms with Gasteiger partial charge in [-0.3, -0.25) is 9.59 Å². The van der Waals surface area contributed by atoms with Crippen LogP contribution in [0.4, 0.5) is 13.2 Å². The molecule has 112 valence electrons. The Balaban J connectivity index is 2.00. The van der Waals surface area contributed by atoms with Gasteiger partial charge < -0.3 is 10.4 Å². The lowest BCUT2D eigenvalue weighted by atomic mass is 10.0. The van der Waals surface area contributed by atoms with Crippen LogP contribution < -0.4 is 5.32 Å². The Morgan fingerprint density at radius 1 is 1.19 bits per heavy atom. The summed E-state index contributed by atoms with van der Waals surface area (Å²) in [6, 6.07) is 5.11. The first-order chi connectivity index (χ1) is 9.74. The number of aliphatic carboxylic acids is 1. The molecule has 2 N–H and O–H groups in total. The zero-order chi connectivity index (χ0) is 15.7. The summed E-state index contributed by atoms with van der Waals surface area (Å²) in [6.45, 7) is -0.508. The van der Waals surface area contributed by atoms with Crippen molar-refractivity contribution in [3.8, 4) is 0 Å². The number of hydrogen-bond donors (Lipinski definition) is 2. The second-order valence-corrected chi connectivity index (χ2v) is 4.41. The summed E-state index contributed by atoms with van der Waals surface area (Å²) in [5, 5.41) is 16.7. The van der Waals surface area contributed by atoms with Crippen LogP contribution in [0.1, 0.15) is 11.1 Å². The van der Waals surface area contributed by atoms with Crippen LogP contribution in [-0.2, 0) is 21.7 Å². The number of rotatable bonds is 5. The molecule has 0 saturated heterocycles. The third-order valence-corrected chi connectivity index (χ3v) is 2.85. The molecule has 0 fully saturated rings. The number of nitrogens with one attached hydrogen (secondary N) is 1. The van der Waals surface area contributed by atoms with Gasteiger partial charge in [0.2, 0.25) is 5.91 Å². The molecule has 1 heterocycles. The SMILES string of the molecule is O=C(O)CNC(=O)Cc1ccc(C2(C(F)(F)F)N=N2)cc1. The molecule has 1 aliphatic rings. The van der Waals surface area contributed by atoms with Gasteiger partial charge >= 0.3 is 17.8 Å². The maximum atomic E-state index is 12.8. The number of carboxylic acids is 1. The number of amides is 1. The van der Waals surface area contributed by atoms with E-state index in [1.807, 2.05) is 0 Å². The quantitative estimate of drug-likeness (QED) is 0.865. The minimum absolute atomic E-state index is 0.121. The molecule has 0 atom stereocenters. The molecule has 0 radical (unpaired) electrons. The molecular formula is C12H10F3N3O3. The van der Waals surface area contributed by atoms with Crippen LogP contribution in [0, 0.1) is 0 Å². The zero-order valence-corrected chi connectivity index (χ0v) is 10.5. The smallest absolute Gasteiger partial charge is 0.442 e. The highest BCUT2D eigenvalue weighted by Gasteiger charge is 2.65. The summed E-state index contributed by atoms with van der Waals surface area (Å²) < 4.78 is 38.3. The summed E-state index contributed by atoms with van der Waals surface area (Å²) in [6.07, 6.45) is -4.71. The van der Waals surface area contributed by atoms with Crippen molar-refractivity contribution in [1.82, 2.24) is 5.32 Å². The van der Waals surface area contributed by atoms with E-state index in [1.165, 1.54) is 24.3 Å². The lowest BCUT2D eigenvalue weighted by Gasteiger charge is -2.14. The number of nitrogens with zero attached hydrogens (tertiary/aromatic N) is 2. The molecule has 1 aromatic carbocycles. The Morgan fingerprint density at radius 3 is 2.19 bits per heavy atom. The van der Waals surface area contributed by atoms with Crippen LogP contribution in [0.25, 0.3) is 0 Å². The number of alkyl halides is 3. The first kappa shape index (κ1) is 14.9. The molecule has 9 heteroatoms. The number of hydrogen-bond acceptors (Lipinski definition) is 4. The van der Waals surface area contributed by atoms with Crippen LogP contribution in [0.15, 0.2) is 34.5 Å². The monoisotopic (exact) mass is 301 g/mol. The van der Waals surface area contributed by atoms with Crippen molar-refractivity contribution < 1.29 is 27.9 Å². The average molecular weight is 301 g/mol. The normalized spacial score (nSPS) is 15.6. The molecule has 6 nitrogen and oxygen atoms in total. The van der Waals surface area contributed by atoms with Gasteiger partial charge in [0.15, 0.2) is 0 Å². The molecule has 0 aromatic heterocycles. The number of halogens is 3. The van der Waals surface area contributed by atoms with Crippen LogP contribution in [0.3, 0.4) is 0 Å². The molecule has 1 aromatic rings. The van der Waals surface area contributed by atoms with Gasteiger partial charge in [-0.05, 0) is 5.56 Å². The van der Waals surface area contributed by atoms with E-state index in [0.29, 0.717) is 5.56 Å². The van der Waals surface area contributed by atoms with Gasteiger partial charge in [-0.2, -0.15) is 13.2 Å². The number of carbonyl (C=O) groups excluding carboxylic acids is 1. The fourth-order valence-corrected chi connectivity index (χ4v) is 1.72. The predicted molar refractivity (Wildman–Crippen MR) is 63.4 cm³/mol. The van der Waals surface area contributed by atoms with E-state index in [4.69, 9.17) is 5.11 Å². The highest BCUT2D eigenvalue weighted by Crippen LogP contribution is 2.52. The highest BCUT2D eigenvalue weighted by molar-refractivity contribution is 5.82. The van der Waals surface area contributed by atoms with Crippen molar-refractivity contribution >= 4 is 11.9 Å². The average Bonchev–Trinajstić information content (AvgIpc) is 3.18. The van der Waals surface area contributed by atoms with Crippen molar-refractivity contribution in [2.75, 3.05) is 6.54 Å². The molecule has 21 heavy (non-hydrogen) atoms. The zero-order valence-electron chi connectivity index (χ0n) is 10.5. The summed E-state index contributed by atoms with van der Waals surface area (Å²) in [5.41, 5.74) is -2.14. The highest BCUT2D eigenvalue weighted by atomic mass is 19.4. The topological polar surface area (TPSA) is 91.1 Å². The lowest BCUT2D eigenvalue weighted by molar-refractivity contribution is -0.166. The van der Waals surface area contributed by atoms with Gasteiger partial charge in [0.1, 0.15) is 6.54 Å². The van der Waals surface area contributed by atoms with Crippen LogP contribution in [0.2, 0.25) is 0 Å². The Kier molecular flexibility index (Phi) is 3.67. The molecule has 0 unspecified atom stereocenters. The Morgan fingerprint density at radius 2 is 1.76 bits per heavy atom. The standard InChI is InChI=1S/C12H10F3N3O3/c13-12(14,15)11(17-18-11)8-3-1-7(2-4-8)5-9(19)16-6-10(20)21/h1-4H,5-6H2,(H,16,19)(H,20,21). The Labute approximate surface area is 116 Å². The molecule has 0 aliphatic carbocycles. The fraction of sp³-hybridized carbons (Fsp3) is 0.333. The van der Waals surface area contributed by atoms with E-state index in [0.717, 1.165) is 0 Å². The van der Waals surface area contributed by atoms with Crippen molar-refractivity contribution in [2.24, 2.45) is 10.2 Å². The van der Waals surface area contributed by atoms with Gasteiger partial charge in [0, 0.05) is 5.56 Å². The summed E-state index contributed by atoms with van der Waals surface area (Å²) >= 11 is 0. The number of carboxylic acid groups (broad SMARTS) is 1. The lowest BCUT2D eigenvalue weighted by Crippen LogP contribution is -2.31. The first-order valence-corrected chi connectivity index (χ1v) is 5.83. The summed E-state index contributed by atoms with van der Waals surface area (Å²) in [7, 11) is 0. The van der Waals surface area contributed by atoms with Gasteiger partial charge in [-0.1, -0.05) is 24.3 Å². The first-order valence-electron chi connectivity index (χ1n) is 5.83. The molecular weight excluding hydrogens is 291 g/mol. The van der Waals surface area contributed by atoms with Crippen molar-refractivity contribution in [2.45, 2.75) is 18.3 Å². The predicted octanol–water partition coefficient (Wildman–Crippen LogP) is 1.61. The Hall–Kier alpha value is -2.45. The molecule has 1 amide bonds. The van der Waals surface area contributed by atoms with Gasteiger partial charge in [0.05, 0.1) is 6.42 Å². The van der Waals surface area contributed by atoms with Crippen LogP contribution in [0.5, 0.6) is 0 Å². The second kappa shape index (κ2) is 5.15. The van der Waals surface area contributed by atoms with Crippen molar-refractivity contribution in [1.29, 1.82) is 0 Å². The summed E-state index contributed by atoms with van der Waals surface area (Å²) in [5.74, 6) is -1.71. The Bertz CT molecular complexity index is 590. The third kappa shape index (κ3) is 3.18. The molecule has 2 rings (SSSR count). The minimum atomic E-state index is -4.59. The van der Waals surface area contributed by atoms with Gasteiger partial charge in [-0.15, -0.1) is 10.2 Å². The maximum Gasteiger partial charge on any atom is 0.442 e. The minimum Gasteiger partial charge on any atom is -0.480 e. The molecule has 0 bridgehead atoms. The second-order valence-electron chi connectivity index (χ2n) is 4.41. The van der Waals surface area contributed by atoms with Crippen LogP contribution in [-0.4, -0.2) is 29.7 Å². The summed E-state index contributed by atoms with van der Waals surface area (Å²) in [4.78, 5) is 21.6. The molecule has 1 aliphatic heterocycles. The van der Waals surface area contributed by atoms with Gasteiger partial charge in [0.25, 0.3) is 0 Å². The van der Waals surface area contributed by atoms with Gasteiger partial charge in [-0.25, -0.2) is 0 Å². The number of carbonyl (C=O) groups is 2. The third-order valence-electron chi connectivity index (χ3n) is 2.85. The van der Waals surface area contributed by atoms with E-state index in [9.17, 15) is 22.8 Å². The number of benzene rings is 1. The van der Waals surface area contributed by atoms with Crippen LogP contribution >= 0.6 is 0 Å². The van der Waals surface area contributed by atoms with E-state index in [2.05, 4.69) is 15.5 Å². The largest absolute Gasteiger partial charge is 0.480 e. The molecule has 0 spiro atoms. The van der Waals surface area contributed by atoms with Crippen molar-refractivity contribution in [3.05, 3.63) is 35.4 Å². The molecule has 0 saturated carbocycles. The van der Waals surface area contributed by atoms with E-state index >= 15 is 0 Å². The van der Waals surface area contributed by atoms with Crippen molar-refractivity contribution in [3.63, 3.8) is 0 Å². The fourth-order valence-electron chi connectivity index (χ4n) is 1.72.